The molecule has 0 aliphatic heterocycles. The van der Waals surface area contributed by atoms with E-state index in [9.17, 15) is 0 Å². The Bertz CT molecular complexity index is 868. The number of aromatic nitrogens is 3. The third-order valence-corrected chi connectivity index (χ3v) is 5.18. The van der Waals surface area contributed by atoms with Crippen molar-refractivity contribution in [3.63, 3.8) is 0 Å². The third kappa shape index (κ3) is 2.80. The highest BCUT2D eigenvalue weighted by atomic mass is 35.5. The van der Waals surface area contributed by atoms with E-state index >= 15 is 0 Å². The Hall–Kier alpha value is -1.91. The topological polar surface area (TPSA) is 39.9 Å². The molecular weight excluding hydrogens is 322 g/mol. The largest absolute Gasteiger partial charge is 0.377 e. The summed E-state index contributed by atoms with van der Waals surface area (Å²) in [5, 5.41) is 9.26. The first kappa shape index (κ1) is 15.6. The Labute approximate surface area is 146 Å². The van der Waals surface area contributed by atoms with Crippen LogP contribution in [-0.4, -0.2) is 22.1 Å². The Balaban J connectivity index is 1.70. The van der Waals surface area contributed by atoms with Crippen LogP contribution in [0.5, 0.6) is 0 Å². The van der Waals surface area contributed by atoms with Crippen molar-refractivity contribution in [3.8, 4) is 11.1 Å². The van der Waals surface area contributed by atoms with Gasteiger partial charge in [-0.15, -0.1) is 5.10 Å². The van der Waals surface area contributed by atoms with E-state index in [-0.39, 0.29) is 6.10 Å². The zero-order valence-corrected chi connectivity index (χ0v) is 14.6. The molecule has 5 heteroatoms. The fraction of sp³-hybridized carbons (Fsp3) is 0.368. The lowest BCUT2D eigenvalue weighted by atomic mass is 10.0. The molecule has 1 saturated carbocycles. The van der Waals surface area contributed by atoms with Crippen LogP contribution in [0.3, 0.4) is 0 Å². The second-order valence-corrected chi connectivity index (χ2v) is 6.89. The lowest BCUT2D eigenvalue weighted by Crippen LogP contribution is -2.01. The van der Waals surface area contributed by atoms with Gasteiger partial charge in [-0.25, -0.2) is 4.68 Å². The molecule has 1 unspecified atom stereocenters. The molecule has 3 aromatic rings. The first-order valence-corrected chi connectivity index (χ1v) is 8.70. The smallest absolute Gasteiger partial charge is 0.132 e. The van der Waals surface area contributed by atoms with Gasteiger partial charge in [0.1, 0.15) is 5.52 Å². The van der Waals surface area contributed by atoms with Crippen molar-refractivity contribution in [3.05, 3.63) is 47.0 Å². The summed E-state index contributed by atoms with van der Waals surface area (Å²) in [6.07, 6.45) is 2.66. The van der Waals surface area contributed by atoms with E-state index < -0.39 is 0 Å². The normalized spacial score (nSPS) is 15.8. The van der Waals surface area contributed by atoms with E-state index in [0.29, 0.717) is 5.02 Å². The van der Waals surface area contributed by atoms with Gasteiger partial charge in [0.05, 0.1) is 16.6 Å². The molecule has 0 N–H and O–H groups in total. The SMILES string of the molecule is COC(C)c1ccc(-c2ccc3c(nnn3CC3CC3)c2Cl)cc1. The van der Waals surface area contributed by atoms with Gasteiger partial charge in [0.2, 0.25) is 0 Å². The maximum absolute atomic E-state index is 6.63. The van der Waals surface area contributed by atoms with Gasteiger partial charge in [0, 0.05) is 19.2 Å². The van der Waals surface area contributed by atoms with E-state index in [1.165, 1.54) is 12.8 Å². The summed E-state index contributed by atoms with van der Waals surface area (Å²) in [6.45, 7) is 2.97. The minimum absolute atomic E-state index is 0.0827. The number of benzene rings is 2. The Morgan fingerprint density at radius 3 is 2.62 bits per heavy atom. The number of rotatable bonds is 5. The van der Waals surface area contributed by atoms with Gasteiger partial charge in [0.25, 0.3) is 0 Å². The molecule has 1 atom stereocenters. The Morgan fingerprint density at radius 1 is 1.21 bits per heavy atom. The molecule has 2 aromatic carbocycles. The van der Waals surface area contributed by atoms with Crippen molar-refractivity contribution in [2.24, 2.45) is 5.92 Å². The summed E-state index contributed by atoms with van der Waals surface area (Å²) in [4.78, 5) is 0. The predicted octanol–water partition coefficient (Wildman–Crippen LogP) is 4.87. The predicted molar refractivity (Wildman–Crippen MR) is 96.1 cm³/mol. The van der Waals surface area contributed by atoms with Gasteiger partial charge < -0.3 is 4.74 Å². The van der Waals surface area contributed by atoms with Crippen molar-refractivity contribution in [1.29, 1.82) is 0 Å². The van der Waals surface area contributed by atoms with Gasteiger partial charge >= 0.3 is 0 Å². The van der Waals surface area contributed by atoms with Crippen molar-refractivity contribution >= 4 is 22.6 Å². The highest BCUT2D eigenvalue weighted by molar-refractivity contribution is 6.37. The summed E-state index contributed by atoms with van der Waals surface area (Å²) < 4.78 is 7.33. The molecule has 4 nitrogen and oxygen atoms in total. The number of nitrogens with zero attached hydrogens (tertiary/aromatic N) is 3. The average molecular weight is 342 g/mol. The third-order valence-electron chi connectivity index (χ3n) is 4.80. The fourth-order valence-corrected chi connectivity index (χ4v) is 3.28. The van der Waals surface area contributed by atoms with Crippen LogP contribution < -0.4 is 0 Å². The van der Waals surface area contributed by atoms with Crippen LogP contribution in [0.1, 0.15) is 31.4 Å². The molecule has 1 heterocycles. The van der Waals surface area contributed by atoms with Gasteiger partial charge in [0.15, 0.2) is 0 Å². The van der Waals surface area contributed by atoms with Crippen LogP contribution >= 0.6 is 11.6 Å². The molecular formula is C19H20ClN3O. The zero-order chi connectivity index (χ0) is 16.7. The summed E-state index contributed by atoms with van der Waals surface area (Å²) in [7, 11) is 1.72. The number of methoxy groups -OCH3 is 1. The Morgan fingerprint density at radius 2 is 1.96 bits per heavy atom. The summed E-state index contributed by atoms with van der Waals surface area (Å²) >= 11 is 6.63. The molecule has 1 aliphatic carbocycles. The monoisotopic (exact) mass is 341 g/mol. The van der Waals surface area contributed by atoms with E-state index in [2.05, 4.69) is 46.7 Å². The molecule has 0 bridgehead atoms. The van der Waals surface area contributed by atoms with Crippen LogP contribution in [0, 0.1) is 5.92 Å². The molecule has 0 saturated heterocycles. The van der Waals surface area contributed by atoms with E-state index in [1.54, 1.807) is 7.11 Å². The molecule has 124 valence electrons. The van der Waals surface area contributed by atoms with Crippen LogP contribution in [0.4, 0.5) is 0 Å². The molecule has 0 spiro atoms. The minimum Gasteiger partial charge on any atom is -0.377 e. The molecule has 1 aromatic heterocycles. The average Bonchev–Trinajstić information content (AvgIpc) is 3.34. The van der Waals surface area contributed by atoms with Crippen molar-refractivity contribution < 1.29 is 4.74 Å². The Kier molecular flexibility index (Phi) is 4.02. The molecule has 0 amide bonds. The second kappa shape index (κ2) is 6.19. The molecule has 0 radical (unpaired) electrons. The van der Waals surface area contributed by atoms with Crippen LogP contribution in [0.15, 0.2) is 36.4 Å². The van der Waals surface area contributed by atoms with Gasteiger partial charge in [-0.1, -0.05) is 47.1 Å². The lowest BCUT2D eigenvalue weighted by molar-refractivity contribution is 0.119. The second-order valence-electron chi connectivity index (χ2n) is 6.51. The summed E-state index contributed by atoms with van der Waals surface area (Å²) in [5.41, 5.74) is 5.00. The minimum atomic E-state index is 0.0827. The summed E-state index contributed by atoms with van der Waals surface area (Å²) in [6, 6.07) is 12.4. The molecule has 1 aliphatic rings. The quantitative estimate of drug-likeness (QED) is 0.664. The molecule has 1 fully saturated rings. The number of hydrogen-bond donors (Lipinski definition) is 0. The molecule has 24 heavy (non-hydrogen) atoms. The van der Waals surface area contributed by atoms with E-state index in [1.807, 2.05) is 11.6 Å². The molecule has 4 rings (SSSR count). The standard InChI is InChI=1S/C19H20ClN3O/c1-12(24-2)14-5-7-15(8-6-14)16-9-10-17-19(18(16)20)21-22-23(17)11-13-3-4-13/h5-10,12-13H,3-4,11H2,1-2H3. The van der Waals surface area contributed by atoms with Crippen LogP contribution in [0.2, 0.25) is 5.02 Å². The zero-order valence-electron chi connectivity index (χ0n) is 13.9. The fourth-order valence-electron chi connectivity index (χ4n) is 2.98. The highest BCUT2D eigenvalue weighted by Gasteiger charge is 2.23. The maximum Gasteiger partial charge on any atom is 0.132 e. The maximum atomic E-state index is 6.63. The number of fused-ring (bicyclic) bond motifs is 1. The number of halogens is 1. The van der Waals surface area contributed by atoms with Crippen molar-refractivity contribution in [2.75, 3.05) is 7.11 Å². The van der Waals surface area contributed by atoms with Crippen LogP contribution in [-0.2, 0) is 11.3 Å². The first-order chi connectivity index (χ1) is 11.7. The van der Waals surface area contributed by atoms with Gasteiger partial charge in [-0.05, 0) is 42.9 Å². The van der Waals surface area contributed by atoms with Crippen molar-refractivity contribution in [1.82, 2.24) is 15.0 Å². The number of hydrogen-bond acceptors (Lipinski definition) is 3. The number of ether oxygens (including phenoxy) is 1. The van der Waals surface area contributed by atoms with E-state index in [0.717, 1.165) is 40.2 Å². The van der Waals surface area contributed by atoms with E-state index in [4.69, 9.17) is 16.3 Å². The van der Waals surface area contributed by atoms with Crippen molar-refractivity contribution in [2.45, 2.75) is 32.4 Å². The van der Waals surface area contributed by atoms with Gasteiger partial charge in [-0.3, -0.25) is 0 Å². The van der Waals surface area contributed by atoms with Gasteiger partial charge in [-0.2, -0.15) is 0 Å². The highest BCUT2D eigenvalue weighted by Crippen LogP contribution is 2.35. The summed E-state index contributed by atoms with van der Waals surface area (Å²) in [5.74, 6) is 0.753. The first-order valence-electron chi connectivity index (χ1n) is 8.32. The van der Waals surface area contributed by atoms with Crippen LogP contribution in [0.25, 0.3) is 22.2 Å². The lowest BCUT2D eigenvalue weighted by Gasteiger charge is -2.11.